The van der Waals surface area contributed by atoms with Crippen LogP contribution < -0.4 is 10.2 Å². The molecule has 0 bridgehead atoms. The number of ether oxygens (including phenoxy) is 2. The monoisotopic (exact) mass is 545 g/mol. The lowest BCUT2D eigenvalue weighted by Crippen LogP contribution is -2.46. The van der Waals surface area contributed by atoms with Crippen molar-refractivity contribution in [2.24, 2.45) is 0 Å². The predicted molar refractivity (Wildman–Crippen MR) is 144 cm³/mol. The van der Waals surface area contributed by atoms with Crippen molar-refractivity contribution in [3.05, 3.63) is 89.7 Å². The first-order valence-electron chi connectivity index (χ1n) is 12.9. The van der Waals surface area contributed by atoms with Crippen LogP contribution >= 0.6 is 0 Å². The van der Waals surface area contributed by atoms with Crippen molar-refractivity contribution in [1.29, 1.82) is 0 Å². The lowest BCUT2D eigenvalue weighted by Gasteiger charge is -2.32. The molecule has 2 unspecified atom stereocenters. The Bertz CT molecular complexity index is 1500. The third kappa shape index (κ3) is 5.84. The van der Waals surface area contributed by atoms with Crippen LogP contribution in [-0.2, 0) is 25.6 Å². The molecule has 0 radical (unpaired) electrons. The number of carbonyl (C=O) groups excluding carboxylic acids is 3. The summed E-state index contributed by atoms with van der Waals surface area (Å²) in [5.41, 5.74) is 2.31. The zero-order valence-electron chi connectivity index (χ0n) is 21.8. The molecule has 11 heteroatoms. The first-order valence-corrected chi connectivity index (χ1v) is 12.9. The van der Waals surface area contributed by atoms with Gasteiger partial charge in [0.1, 0.15) is 23.9 Å². The molecule has 1 aromatic heterocycles. The van der Waals surface area contributed by atoms with Gasteiger partial charge in [-0.2, -0.15) is 0 Å². The van der Waals surface area contributed by atoms with E-state index >= 15 is 0 Å². The first kappa shape index (κ1) is 26.9. The summed E-state index contributed by atoms with van der Waals surface area (Å²) < 4.78 is 25.8. The van der Waals surface area contributed by atoms with Gasteiger partial charge in [0.15, 0.2) is 0 Å². The highest BCUT2D eigenvalue weighted by atomic mass is 19.1. The number of nitrogens with one attached hydrogen (secondary N) is 1. The second-order valence-electron chi connectivity index (χ2n) is 9.37. The Labute approximate surface area is 229 Å². The van der Waals surface area contributed by atoms with E-state index in [0.717, 1.165) is 12.8 Å². The third-order valence-electron chi connectivity index (χ3n) is 6.76. The van der Waals surface area contributed by atoms with Crippen molar-refractivity contribution < 1.29 is 28.2 Å². The lowest BCUT2D eigenvalue weighted by atomic mass is 10.0. The molecule has 5 rings (SSSR count). The first-order chi connectivity index (χ1) is 19.4. The number of methoxy groups -OCH3 is 1. The van der Waals surface area contributed by atoms with Gasteiger partial charge in [-0.05, 0) is 66.9 Å². The summed E-state index contributed by atoms with van der Waals surface area (Å²) in [6.45, 7) is 0.674. The van der Waals surface area contributed by atoms with Gasteiger partial charge >= 0.3 is 5.97 Å². The molecule has 10 nitrogen and oxygen atoms in total. The second-order valence-corrected chi connectivity index (χ2v) is 9.37. The van der Waals surface area contributed by atoms with Gasteiger partial charge < -0.3 is 14.8 Å². The van der Waals surface area contributed by atoms with Crippen LogP contribution in [0.4, 0.5) is 10.1 Å². The second kappa shape index (κ2) is 12.0. The van der Waals surface area contributed by atoms with E-state index < -0.39 is 29.6 Å². The Morgan fingerprint density at radius 2 is 1.85 bits per heavy atom. The highest BCUT2D eigenvalue weighted by Crippen LogP contribution is 2.30. The number of amides is 2. The Morgan fingerprint density at radius 3 is 2.55 bits per heavy atom. The van der Waals surface area contributed by atoms with Crippen molar-refractivity contribution in [3.8, 4) is 0 Å². The van der Waals surface area contributed by atoms with Crippen LogP contribution in [0.3, 0.4) is 0 Å². The molecule has 1 fully saturated rings. The molecule has 0 spiro atoms. The van der Waals surface area contributed by atoms with E-state index in [0.29, 0.717) is 34.5 Å². The number of esters is 1. The van der Waals surface area contributed by atoms with Crippen LogP contribution in [0, 0.1) is 5.82 Å². The largest absolute Gasteiger partial charge is 0.465 e. The normalized spacial score (nSPS) is 15.5. The minimum Gasteiger partial charge on any atom is -0.465 e. The molecule has 1 aliphatic heterocycles. The minimum absolute atomic E-state index is 0.122. The van der Waals surface area contributed by atoms with Gasteiger partial charge in [0.25, 0.3) is 0 Å². The number of hydrogen-bond acceptors (Lipinski definition) is 7. The maximum atomic E-state index is 14.0. The Kier molecular flexibility index (Phi) is 8.11. The van der Waals surface area contributed by atoms with Crippen molar-refractivity contribution in [2.45, 2.75) is 31.5 Å². The molecule has 1 aliphatic rings. The fourth-order valence-electron chi connectivity index (χ4n) is 4.73. The topological polar surface area (TPSA) is 116 Å². The van der Waals surface area contributed by atoms with Gasteiger partial charge in [-0.3, -0.25) is 14.5 Å². The van der Waals surface area contributed by atoms with Crippen molar-refractivity contribution in [3.63, 3.8) is 0 Å². The zero-order valence-corrected chi connectivity index (χ0v) is 21.8. The molecule has 1 saturated heterocycles. The molecule has 206 valence electrons. The molecule has 4 aromatic rings. The van der Waals surface area contributed by atoms with Gasteiger partial charge in [0.2, 0.25) is 11.8 Å². The van der Waals surface area contributed by atoms with E-state index in [1.54, 1.807) is 24.3 Å². The maximum Gasteiger partial charge on any atom is 0.337 e. The number of halogens is 1. The van der Waals surface area contributed by atoms with Crippen molar-refractivity contribution in [2.75, 3.05) is 25.2 Å². The molecule has 0 saturated carbocycles. The van der Waals surface area contributed by atoms with Crippen LogP contribution in [0.1, 0.15) is 34.8 Å². The molecule has 1 N–H and O–H groups in total. The summed E-state index contributed by atoms with van der Waals surface area (Å²) in [5, 5.41) is 11.2. The number of para-hydroxylation sites is 1. The molecule has 0 aliphatic carbocycles. The van der Waals surface area contributed by atoms with Crippen molar-refractivity contribution in [1.82, 2.24) is 20.3 Å². The number of carbonyl (C=O) groups is 3. The summed E-state index contributed by atoms with van der Waals surface area (Å²) in [4.78, 5) is 41.2. The van der Waals surface area contributed by atoms with Crippen LogP contribution in [0.5, 0.6) is 0 Å². The Morgan fingerprint density at radius 1 is 1.10 bits per heavy atom. The quantitative estimate of drug-likeness (QED) is 0.321. The summed E-state index contributed by atoms with van der Waals surface area (Å²) >= 11 is 0. The molecular formula is C29H28FN5O5. The average Bonchev–Trinajstić information content (AvgIpc) is 3.65. The fourth-order valence-corrected chi connectivity index (χ4v) is 4.73. The molecular weight excluding hydrogens is 517 g/mol. The van der Waals surface area contributed by atoms with Crippen LogP contribution in [-0.4, -0.2) is 59.1 Å². The van der Waals surface area contributed by atoms with E-state index in [4.69, 9.17) is 9.47 Å². The predicted octanol–water partition coefficient (Wildman–Crippen LogP) is 3.43. The average molecular weight is 546 g/mol. The Balaban J connectivity index is 1.54. The Hall–Kier alpha value is -4.64. The molecule has 3 aromatic carbocycles. The van der Waals surface area contributed by atoms with E-state index in [2.05, 4.69) is 15.6 Å². The molecule has 2 atom stereocenters. The number of fused-ring (bicyclic) bond motifs is 1. The highest BCUT2D eigenvalue weighted by Gasteiger charge is 2.34. The molecule has 2 heterocycles. The number of hydrogen-bond donors (Lipinski definition) is 1. The highest BCUT2D eigenvalue weighted by molar-refractivity contribution is 6.01. The number of rotatable bonds is 9. The van der Waals surface area contributed by atoms with E-state index in [1.807, 2.05) is 12.1 Å². The standard InChI is InChI=1S/C29H28FN5O5/c1-39-29(38)20-10-8-19(9-11-20)27(28(37)31-17-23-5-4-16-40-23)35(22-14-12-21(30)13-15-22)26(36)18-34-25-7-3-2-6-24(25)32-33-34/h2-3,6-15,23,27H,4-5,16-18H2,1H3,(H,31,37). The summed E-state index contributed by atoms with van der Waals surface area (Å²) in [5.74, 6) is -1.95. The van der Waals surface area contributed by atoms with Crippen molar-refractivity contribution >= 4 is 34.5 Å². The summed E-state index contributed by atoms with van der Waals surface area (Å²) in [7, 11) is 1.28. The number of aromatic nitrogens is 3. The number of anilines is 1. The van der Waals surface area contributed by atoms with E-state index in [9.17, 15) is 18.8 Å². The number of benzene rings is 3. The summed E-state index contributed by atoms with van der Waals surface area (Å²) in [6, 6.07) is 17.6. The molecule has 2 amide bonds. The minimum atomic E-state index is -1.15. The molecule has 40 heavy (non-hydrogen) atoms. The van der Waals surface area contributed by atoms with Gasteiger partial charge in [0, 0.05) is 18.8 Å². The summed E-state index contributed by atoms with van der Waals surface area (Å²) in [6.07, 6.45) is 1.60. The van der Waals surface area contributed by atoms with Crippen LogP contribution in [0.2, 0.25) is 0 Å². The van der Waals surface area contributed by atoms with E-state index in [1.165, 1.54) is 53.1 Å². The van der Waals surface area contributed by atoms with Crippen LogP contribution in [0.25, 0.3) is 11.0 Å². The van der Waals surface area contributed by atoms with Gasteiger partial charge in [0.05, 0.1) is 24.3 Å². The number of nitrogens with zero attached hydrogens (tertiary/aromatic N) is 4. The zero-order chi connectivity index (χ0) is 28.1. The smallest absolute Gasteiger partial charge is 0.337 e. The maximum absolute atomic E-state index is 14.0. The lowest BCUT2D eigenvalue weighted by molar-refractivity contribution is -0.127. The van der Waals surface area contributed by atoms with E-state index in [-0.39, 0.29) is 19.2 Å². The fraction of sp³-hybridized carbons (Fsp3) is 0.276. The van der Waals surface area contributed by atoms with Gasteiger partial charge in [-0.15, -0.1) is 5.10 Å². The van der Waals surface area contributed by atoms with Crippen LogP contribution in [0.15, 0.2) is 72.8 Å². The SMILES string of the molecule is COC(=O)c1ccc(C(C(=O)NCC2CCCO2)N(C(=O)Cn2nnc3ccccc32)c2ccc(F)cc2)cc1. The van der Waals surface area contributed by atoms with Gasteiger partial charge in [-0.25, -0.2) is 13.9 Å². The van der Waals surface area contributed by atoms with Gasteiger partial charge in [-0.1, -0.05) is 29.5 Å². The third-order valence-corrected chi connectivity index (χ3v) is 6.76.